The van der Waals surface area contributed by atoms with Crippen molar-refractivity contribution < 1.29 is 0 Å². The lowest BCUT2D eigenvalue weighted by molar-refractivity contribution is 0.371. The van der Waals surface area contributed by atoms with Gasteiger partial charge in [-0.1, -0.05) is 27.7 Å². The molecule has 1 fully saturated rings. The van der Waals surface area contributed by atoms with Crippen LogP contribution >= 0.6 is 11.8 Å². The zero-order valence-electron chi connectivity index (χ0n) is 9.76. The third-order valence-corrected chi connectivity index (χ3v) is 3.99. The van der Waals surface area contributed by atoms with Crippen LogP contribution in [0.1, 0.15) is 34.1 Å². The molecule has 0 amide bonds. The fourth-order valence-corrected chi connectivity index (χ4v) is 2.82. The van der Waals surface area contributed by atoms with Crippen molar-refractivity contribution in [3.05, 3.63) is 0 Å². The number of nitrogens with one attached hydrogen (secondary N) is 1. The standard InChI is InChI=1S/C11H22N2S/c1-5-9-8-13(6-7-14-9)10(12)11(2,3)4/h9,12H,5-8H2,1-4H3. The lowest BCUT2D eigenvalue weighted by Gasteiger charge is -2.38. The third kappa shape index (κ3) is 2.91. The maximum Gasteiger partial charge on any atom is 0.101 e. The Balaban J connectivity index is 2.56. The van der Waals surface area contributed by atoms with Gasteiger partial charge in [0.2, 0.25) is 0 Å². The van der Waals surface area contributed by atoms with E-state index in [1.165, 1.54) is 12.2 Å². The van der Waals surface area contributed by atoms with E-state index in [1.807, 2.05) is 0 Å². The Kier molecular flexibility index (Phi) is 3.87. The van der Waals surface area contributed by atoms with Gasteiger partial charge in [0.1, 0.15) is 5.84 Å². The van der Waals surface area contributed by atoms with Crippen LogP contribution in [0.2, 0.25) is 0 Å². The highest BCUT2D eigenvalue weighted by molar-refractivity contribution is 8.00. The van der Waals surface area contributed by atoms with Gasteiger partial charge in [-0.15, -0.1) is 0 Å². The number of hydrogen-bond acceptors (Lipinski definition) is 2. The molecule has 82 valence electrons. The van der Waals surface area contributed by atoms with Crippen molar-refractivity contribution in [3.8, 4) is 0 Å². The monoisotopic (exact) mass is 214 g/mol. The third-order valence-electron chi connectivity index (χ3n) is 2.62. The molecule has 1 N–H and O–H groups in total. The van der Waals surface area contributed by atoms with Crippen LogP contribution in [-0.2, 0) is 0 Å². The molecule has 1 unspecified atom stereocenters. The van der Waals surface area contributed by atoms with Gasteiger partial charge in [0, 0.05) is 29.5 Å². The summed E-state index contributed by atoms with van der Waals surface area (Å²) in [6.45, 7) is 10.7. The molecule has 0 aromatic carbocycles. The minimum absolute atomic E-state index is 0.000296. The molecule has 1 aliphatic rings. The van der Waals surface area contributed by atoms with Crippen molar-refractivity contribution in [1.29, 1.82) is 5.41 Å². The predicted molar refractivity (Wildman–Crippen MR) is 65.3 cm³/mol. The van der Waals surface area contributed by atoms with Gasteiger partial charge < -0.3 is 4.90 Å². The molecule has 0 aliphatic carbocycles. The molecule has 1 rings (SSSR count). The van der Waals surface area contributed by atoms with Crippen molar-refractivity contribution in [3.63, 3.8) is 0 Å². The molecular weight excluding hydrogens is 192 g/mol. The van der Waals surface area contributed by atoms with Crippen molar-refractivity contribution in [1.82, 2.24) is 4.90 Å². The van der Waals surface area contributed by atoms with Crippen molar-refractivity contribution >= 4 is 17.6 Å². The zero-order chi connectivity index (χ0) is 10.8. The van der Waals surface area contributed by atoms with E-state index >= 15 is 0 Å². The fraction of sp³-hybridized carbons (Fsp3) is 0.909. The average molecular weight is 214 g/mol. The van der Waals surface area contributed by atoms with Gasteiger partial charge in [-0.05, 0) is 6.42 Å². The lowest BCUT2D eigenvalue weighted by atomic mass is 9.94. The van der Waals surface area contributed by atoms with Gasteiger partial charge in [-0.25, -0.2) is 0 Å². The first-order chi connectivity index (χ1) is 6.45. The zero-order valence-corrected chi connectivity index (χ0v) is 10.6. The summed E-state index contributed by atoms with van der Waals surface area (Å²) in [6.07, 6.45) is 1.22. The average Bonchev–Trinajstić information content (AvgIpc) is 2.15. The van der Waals surface area contributed by atoms with Gasteiger partial charge in [0.25, 0.3) is 0 Å². The Morgan fingerprint density at radius 1 is 1.50 bits per heavy atom. The van der Waals surface area contributed by atoms with Crippen LogP contribution in [-0.4, -0.2) is 34.8 Å². The minimum atomic E-state index is 0.000296. The maximum absolute atomic E-state index is 8.12. The second-order valence-electron chi connectivity index (χ2n) is 4.95. The quantitative estimate of drug-likeness (QED) is 0.537. The summed E-state index contributed by atoms with van der Waals surface area (Å²) in [5.41, 5.74) is 0.000296. The van der Waals surface area contributed by atoms with E-state index in [9.17, 15) is 0 Å². The second kappa shape index (κ2) is 4.56. The van der Waals surface area contributed by atoms with Crippen molar-refractivity contribution in [2.75, 3.05) is 18.8 Å². The topological polar surface area (TPSA) is 27.1 Å². The van der Waals surface area contributed by atoms with Gasteiger partial charge in [-0.3, -0.25) is 5.41 Å². The molecule has 1 aliphatic heterocycles. The molecule has 2 nitrogen and oxygen atoms in total. The molecule has 1 atom stereocenters. The summed E-state index contributed by atoms with van der Waals surface area (Å²) in [5, 5.41) is 8.84. The minimum Gasteiger partial charge on any atom is -0.358 e. The van der Waals surface area contributed by atoms with E-state index in [0.717, 1.165) is 24.2 Å². The predicted octanol–water partition coefficient (Wildman–Crippen LogP) is 2.84. The van der Waals surface area contributed by atoms with Gasteiger partial charge >= 0.3 is 0 Å². The molecule has 1 saturated heterocycles. The normalized spacial score (nSPS) is 23.7. The molecule has 1 heterocycles. The SMILES string of the molecule is CCC1CN(C(=N)C(C)(C)C)CCS1. The van der Waals surface area contributed by atoms with Gasteiger partial charge in [0.15, 0.2) is 0 Å². The van der Waals surface area contributed by atoms with E-state index in [-0.39, 0.29) is 5.41 Å². The van der Waals surface area contributed by atoms with Gasteiger partial charge in [-0.2, -0.15) is 11.8 Å². The molecular formula is C11H22N2S. The van der Waals surface area contributed by atoms with Crippen LogP contribution in [0.25, 0.3) is 0 Å². The molecule has 0 aromatic rings. The van der Waals surface area contributed by atoms with Crippen molar-refractivity contribution in [2.24, 2.45) is 5.41 Å². The van der Waals surface area contributed by atoms with E-state index in [2.05, 4.69) is 44.4 Å². The fourth-order valence-electron chi connectivity index (χ4n) is 1.64. The molecule has 3 heteroatoms. The Hall–Kier alpha value is -0.180. The number of thioether (sulfide) groups is 1. The highest BCUT2D eigenvalue weighted by Gasteiger charge is 2.27. The van der Waals surface area contributed by atoms with Crippen LogP contribution in [0.4, 0.5) is 0 Å². The van der Waals surface area contributed by atoms with Crippen LogP contribution in [0.15, 0.2) is 0 Å². The van der Waals surface area contributed by atoms with E-state index in [1.54, 1.807) is 0 Å². The maximum atomic E-state index is 8.12. The van der Waals surface area contributed by atoms with E-state index < -0.39 is 0 Å². The second-order valence-corrected chi connectivity index (χ2v) is 6.35. The number of rotatable bonds is 1. The summed E-state index contributed by atoms with van der Waals surface area (Å²) >= 11 is 2.06. The number of hydrogen-bond donors (Lipinski definition) is 1. The smallest absolute Gasteiger partial charge is 0.101 e. The van der Waals surface area contributed by atoms with Crippen LogP contribution in [0.5, 0.6) is 0 Å². The summed E-state index contributed by atoms with van der Waals surface area (Å²) in [4.78, 5) is 2.25. The highest BCUT2D eigenvalue weighted by atomic mass is 32.2. The Labute approximate surface area is 92.0 Å². The van der Waals surface area contributed by atoms with Gasteiger partial charge in [0.05, 0.1) is 0 Å². The van der Waals surface area contributed by atoms with Crippen LogP contribution in [0, 0.1) is 10.8 Å². The van der Waals surface area contributed by atoms with Crippen LogP contribution < -0.4 is 0 Å². The molecule has 14 heavy (non-hydrogen) atoms. The Bertz CT molecular complexity index is 208. The Morgan fingerprint density at radius 3 is 2.64 bits per heavy atom. The molecule has 0 aromatic heterocycles. The van der Waals surface area contributed by atoms with Crippen LogP contribution in [0.3, 0.4) is 0 Å². The largest absolute Gasteiger partial charge is 0.358 e. The molecule has 0 saturated carbocycles. The summed E-state index contributed by atoms with van der Waals surface area (Å²) in [6, 6.07) is 0. The lowest BCUT2D eigenvalue weighted by Crippen LogP contribution is -2.46. The number of amidine groups is 1. The first kappa shape index (κ1) is 11.9. The molecule has 0 bridgehead atoms. The highest BCUT2D eigenvalue weighted by Crippen LogP contribution is 2.25. The summed E-state index contributed by atoms with van der Waals surface area (Å²) in [5.74, 6) is 1.98. The molecule has 0 radical (unpaired) electrons. The number of nitrogens with zero attached hydrogens (tertiary/aromatic N) is 1. The first-order valence-corrected chi connectivity index (χ1v) is 6.45. The summed E-state index contributed by atoms with van der Waals surface area (Å²) in [7, 11) is 0. The van der Waals surface area contributed by atoms with E-state index in [4.69, 9.17) is 5.41 Å². The summed E-state index contributed by atoms with van der Waals surface area (Å²) < 4.78 is 0. The van der Waals surface area contributed by atoms with E-state index in [0.29, 0.717) is 0 Å². The van der Waals surface area contributed by atoms with Crippen molar-refractivity contribution in [2.45, 2.75) is 39.4 Å². The Morgan fingerprint density at radius 2 is 2.14 bits per heavy atom. The first-order valence-electron chi connectivity index (χ1n) is 5.40. The molecule has 0 spiro atoms.